The molecule has 0 spiro atoms. The van der Waals surface area contributed by atoms with E-state index in [1.165, 1.54) is 0 Å². The van der Waals surface area contributed by atoms with E-state index in [2.05, 4.69) is 0 Å². The summed E-state index contributed by atoms with van der Waals surface area (Å²) in [5.74, 6) is 0.802. The zero-order chi connectivity index (χ0) is 13.9. The van der Waals surface area contributed by atoms with Gasteiger partial charge in [-0.1, -0.05) is 48.5 Å². The van der Waals surface area contributed by atoms with E-state index in [0.717, 1.165) is 11.3 Å². The van der Waals surface area contributed by atoms with Crippen molar-refractivity contribution in [2.45, 2.75) is 13.0 Å². The quantitative estimate of drug-likeness (QED) is 0.888. The topological polar surface area (TPSA) is 49.7 Å². The molecule has 0 radical (unpaired) electrons. The first kappa shape index (κ1) is 15.2. The Morgan fingerprint density at radius 3 is 1.89 bits per heavy atom. The Bertz CT molecular complexity index is 426. The molecule has 0 aromatic heterocycles. The minimum Gasteiger partial charge on any atom is -0.491 e. The zero-order valence-electron chi connectivity index (χ0n) is 11.1. The predicted molar refractivity (Wildman–Crippen MR) is 76.1 cm³/mol. The van der Waals surface area contributed by atoms with E-state index >= 15 is 0 Å². The highest BCUT2D eigenvalue weighted by Gasteiger charge is 1.95. The Morgan fingerprint density at radius 2 is 1.47 bits per heavy atom. The van der Waals surface area contributed by atoms with Crippen LogP contribution >= 0.6 is 0 Å². The van der Waals surface area contributed by atoms with Crippen molar-refractivity contribution in [3.8, 4) is 5.75 Å². The van der Waals surface area contributed by atoms with Crippen LogP contribution in [0.4, 0.5) is 0 Å². The second-order valence-electron chi connectivity index (χ2n) is 3.97. The van der Waals surface area contributed by atoms with Gasteiger partial charge in [0.15, 0.2) is 0 Å². The Balaban J connectivity index is 0.000000191. The summed E-state index contributed by atoms with van der Waals surface area (Å²) in [6.45, 7) is 2.19. The number of hydrogen-bond donors (Lipinski definition) is 2. The van der Waals surface area contributed by atoms with E-state index in [9.17, 15) is 0 Å². The van der Waals surface area contributed by atoms with Crippen LogP contribution < -0.4 is 4.74 Å². The van der Waals surface area contributed by atoms with Gasteiger partial charge in [0.2, 0.25) is 0 Å². The highest BCUT2D eigenvalue weighted by atomic mass is 16.5. The number of rotatable bonds is 4. The Kier molecular flexibility index (Phi) is 7.32. The molecule has 2 aromatic rings. The number of ether oxygens (including phenoxy) is 1. The maximum atomic E-state index is 9.02. The van der Waals surface area contributed by atoms with E-state index in [4.69, 9.17) is 14.9 Å². The van der Waals surface area contributed by atoms with E-state index in [1.54, 1.807) is 6.92 Å². The largest absolute Gasteiger partial charge is 0.491 e. The third-order valence-corrected chi connectivity index (χ3v) is 2.39. The first-order valence-corrected chi connectivity index (χ1v) is 6.25. The molecule has 0 saturated heterocycles. The van der Waals surface area contributed by atoms with Crippen molar-refractivity contribution in [3.63, 3.8) is 0 Å². The average molecular weight is 260 g/mol. The van der Waals surface area contributed by atoms with Crippen LogP contribution in [-0.4, -0.2) is 23.4 Å². The summed E-state index contributed by atoms with van der Waals surface area (Å²) in [5.41, 5.74) is 0.970. The zero-order valence-corrected chi connectivity index (χ0v) is 11.1. The molecule has 102 valence electrons. The second kappa shape index (κ2) is 9.14. The molecule has 2 rings (SSSR count). The molecule has 19 heavy (non-hydrogen) atoms. The van der Waals surface area contributed by atoms with Gasteiger partial charge in [-0.05, 0) is 24.6 Å². The molecule has 3 nitrogen and oxygen atoms in total. The molecule has 3 heteroatoms. The maximum Gasteiger partial charge on any atom is 0.119 e. The Hall–Kier alpha value is -1.84. The van der Waals surface area contributed by atoms with Gasteiger partial charge in [-0.3, -0.25) is 0 Å². The molecule has 0 amide bonds. The number of para-hydroxylation sites is 1. The Morgan fingerprint density at radius 1 is 0.947 bits per heavy atom. The first-order chi connectivity index (χ1) is 9.24. The first-order valence-electron chi connectivity index (χ1n) is 6.25. The summed E-state index contributed by atoms with van der Waals surface area (Å²) in [4.78, 5) is 0. The molecular weight excluding hydrogens is 240 g/mol. The van der Waals surface area contributed by atoms with Crippen molar-refractivity contribution >= 4 is 0 Å². The molecule has 0 heterocycles. The number of benzene rings is 2. The molecular formula is C16H20O3. The monoisotopic (exact) mass is 260 g/mol. The second-order valence-corrected chi connectivity index (χ2v) is 3.97. The fourth-order valence-electron chi connectivity index (χ4n) is 1.41. The average Bonchev–Trinajstić information content (AvgIpc) is 2.48. The molecule has 0 aliphatic carbocycles. The lowest BCUT2D eigenvalue weighted by Gasteiger charge is -2.01. The van der Waals surface area contributed by atoms with Gasteiger partial charge in [-0.15, -0.1) is 0 Å². The molecule has 0 fully saturated rings. The molecule has 0 bridgehead atoms. The van der Waals surface area contributed by atoms with Crippen molar-refractivity contribution in [1.82, 2.24) is 0 Å². The van der Waals surface area contributed by atoms with E-state index < -0.39 is 0 Å². The molecule has 0 aliphatic heterocycles. The summed E-state index contributed by atoms with van der Waals surface area (Å²) in [6, 6.07) is 19.0. The molecule has 2 aromatic carbocycles. The van der Waals surface area contributed by atoms with Crippen LogP contribution in [0.1, 0.15) is 18.6 Å². The van der Waals surface area contributed by atoms with Crippen molar-refractivity contribution < 1.29 is 14.9 Å². The van der Waals surface area contributed by atoms with Crippen LogP contribution in [0.5, 0.6) is 5.75 Å². The predicted octanol–water partition coefficient (Wildman–Crippen LogP) is 2.80. The summed E-state index contributed by atoms with van der Waals surface area (Å²) in [5, 5.41) is 17.4. The van der Waals surface area contributed by atoms with Crippen LogP contribution in [0.2, 0.25) is 0 Å². The summed E-state index contributed by atoms with van der Waals surface area (Å²) in [7, 11) is 0. The third kappa shape index (κ3) is 6.60. The molecule has 0 saturated carbocycles. The maximum absolute atomic E-state index is 9.02. The fourth-order valence-corrected chi connectivity index (χ4v) is 1.41. The molecule has 2 N–H and O–H groups in total. The van der Waals surface area contributed by atoms with Crippen LogP contribution in [0.15, 0.2) is 60.7 Å². The third-order valence-electron chi connectivity index (χ3n) is 2.39. The standard InChI is InChI=1S/C8H10O2.C8H10O/c9-6-7-10-8-4-2-1-3-5-8;1-7(9)8-5-3-2-4-6-8/h1-5,9H,6-7H2;2-7,9H,1H3. The number of aliphatic hydroxyl groups excluding tert-OH is 2. The normalized spacial score (nSPS) is 11.1. The van der Waals surface area contributed by atoms with Crippen LogP contribution in [0.3, 0.4) is 0 Å². The van der Waals surface area contributed by atoms with Crippen LogP contribution in [0.25, 0.3) is 0 Å². The van der Waals surface area contributed by atoms with E-state index in [-0.39, 0.29) is 12.7 Å². The highest BCUT2D eigenvalue weighted by Crippen LogP contribution is 2.09. The fraction of sp³-hybridized carbons (Fsp3) is 0.250. The van der Waals surface area contributed by atoms with E-state index in [0.29, 0.717) is 6.61 Å². The number of hydrogen-bond acceptors (Lipinski definition) is 3. The van der Waals surface area contributed by atoms with Crippen LogP contribution in [0, 0.1) is 0 Å². The summed E-state index contributed by atoms with van der Waals surface area (Å²) in [6.07, 6.45) is -0.341. The summed E-state index contributed by atoms with van der Waals surface area (Å²) >= 11 is 0. The lowest BCUT2D eigenvalue weighted by atomic mass is 10.1. The SMILES string of the molecule is CC(O)c1ccccc1.OCCOc1ccccc1. The van der Waals surface area contributed by atoms with Gasteiger partial charge in [0.1, 0.15) is 12.4 Å². The molecule has 1 unspecified atom stereocenters. The van der Waals surface area contributed by atoms with Crippen LogP contribution in [-0.2, 0) is 0 Å². The highest BCUT2D eigenvalue weighted by molar-refractivity contribution is 5.20. The van der Waals surface area contributed by atoms with Gasteiger partial charge in [-0.25, -0.2) is 0 Å². The van der Waals surface area contributed by atoms with Crippen molar-refractivity contribution in [2.75, 3.05) is 13.2 Å². The van der Waals surface area contributed by atoms with Gasteiger partial charge in [0, 0.05) is 0 Å². The Labute approximate surface area is 114 Å². The number of aliphatic hydroxyl groups is 2. The molecule has 0 aliphatic rings. The van der Waals surface area contributed by atoms with Crippen molar-refractivity contribution in [2.24, 2.45) is 0 Å². The van der Waals surface area contributed by atoms with Gasteiger partial charge >= 0.3 is 0 Å². The minimum absolute atomic E-state index is 0.0644. The van der Waals surface area contributed by atoms with Gasteiger partial charge in [-0.2, -0.15) is 0 Å². The smallest absolute Gasteiger partial charge is 0.119 e. The summed E-state index contributed by atoms with van der Waals surface area (Å²) < 4.78 is 5.11. The van der Waals surface area contributed by atoms with Gasteiger partial charge in [0.25, 0.3) is 0 Å². The minimum atomic E-state index is -0.341. The van der Waals surface area contributed by atoms with Gasteiger partial charge in [0.05, 0.1) is 12.7 Å². The van der Waals surface area contributed by atoms with Gasteiger partial charge < -0.3 is 14.9 Å². The van der Waals surface area contributed by atoms with Crippen molar-refractivity contribution in [1.29, 1.82) is 0 Å². The lowest BCUT2D eigenvalue weighted by molar-refractivity contribution is 0.199. The lowest BCUT2D eigenvalue weighted by Crippen LogP contribution is -2.00. The van der Waals surface area contributed by atoms with Crippen molar-refractivity contribution in [3.05, 3.63) is 66.2 Å². The molecule has 1 atom stereocenters. The van der Waals surface area contributed by atoms with E-state index in [1.807, 2.05) is 60.7 Å².